The van der Waals surface area contributed by atoms with Crippen LogP contribution in [0.5, 0.6) is 0 Å². The Morgan fingerprint density at radius 3 is 2.72 bits per heavy atom. The summed E-state index contributed by atoms with van der Waals surface area (Å²) < 4.78 is 1.97. The molecule has 1 aromatic heterocycles. The summed E-state index contributed by atoms with van der Waals surface area (Å²) in [6.45, 7) is 4.86. The lowest BCUT2D eigenvalue weighted by Crippen LogP contribution is -2.15. The van der Waals surface area contributed by atoms with Gasteiger partial charge in [-0.25, -0.2) is 0 Å². The third kappa shape index (κ3) is 5.28. The van der Waals surface area contributed by atoms with Crippen LogP contribution in [-0.4, -0.2) is 25.6 Å². The second-order valence-electron chi connectivity index (χ2n) is 6.04. The molecule has 0 saturated carbocycles. The van der Waals surface area contributed by atoms with Crippen molar-refractivity contribution in [3.8, 4) is 0 Å². The Labute approximate surface area is 150 Å². The Kier molecular flexibility index (Phi) is 6.51. The van der Waals surface area contributed by atoms with Gasteiger partial charge in [-0.2, -0.15) is 0 Å². The highest BCUT2D eigenvalue weighted by Crippen LogP contribution is 2.28. The Balaban J connectivity index is 2.18. The lowest BCUT2D eigenvalue weighted by Gasteiger charge is -2.12. The first-order valence-electron chi connectivity index (χ1n) is 7.94. The average molecular weight is 363 g/mol. The van der Waals surface area contributed by atoms with Gasteiger partial charge in [0.25, 0.3) is 5.69 Å². The topological polar surface area (TPSA) is 117 Å². The molecule has 0 fully saturated rings. The smallest absolute Gasteiger partial charge is 0.273 e. The second-order valence-corrected chi connectivity index (χ2v) is 6.99. The van der Waals surface area contributed by atoms with Gasteiger partial charge in [0.1, 0.15) is 5.82 Å². The zero-order chi connectivity index (χ0) is 18.4. The largest absolute Gasteiger partial charge is 0.370 e. The van der Waals surface area contributed by atoms with Gasteiger partial charge < -0.3 is 10.3 Å². The molecule has 25 heavy (non-hydrogen) atoms. The van der Waals surface area contributed by atoms with E-state index >= 15 is 0 Å². The van der Waals surface area contributed by atoms with E-state index < -0.39 is 0 Å². The molecule has 0 saturated heterocycles. The Morgan fingerprint density at radius 2 is 2.08 bits per heavy atom. The quantitative estimate of drug-likeness (QED) is 0.416. The second kappa shape index (κ2) is 8.61. The van der Waals surface area contributed by atoms with Crippen molar-refractivity contribution in [3.05, 3.63) is 45.8 Å². The van der Waals surface area contributed by atoms with Gasteiger partial charge in [-0.1, -0.05) is 43.8 Å². The highest BCUT2D eigenvalue weighted by Gasteiger charge is 2.17. The summed E-state index contributed by atoms with van der Waals surface area (Å²) in [5.74, 6) is 1.11. The maximum atomic E-state index is 11.1. The van der Waals surface area contributed by atoms with Crippen molar-refractivity contribution in [2.24, 2.45) is 11.7 Å². The van der Waals surface area contributed by atoms with Crippen molar-refractivity contribution >= 4 is 23.4 Å². The van der Waals surface area contributed by atoms with Gasteiger partial charge in [-0.3, -0.25) is 14.9 Å². The van der Waals surface area contributed by atoms with Gasteiger partial charge in [0.05, 0.1) is 4.92 Å². The first kappa shape index (κ1) is 18.9. The minimum Gasteiger partial charge on any atom is -0.370 e. The first-order valence-corrected chi connectivity index (χ1v) is 8.92. The van der Waals surface area contributed by atoms with E-state index in [1.807, 2.05) is 4.57 Å². The van der Waals surface area contributed by atoms with Gasteiger partial charge >= 0.3 is 0 Å². The van der Waals surface area contributed by atoms with Gasteiger partial charge in [-0.05, 0) is 5.92 Å². The fourth-order valence-corrected chi connectivity index (χ4v) is 3.31. The van der Waals surface area contributed by atoms with Crippen LogP contribution in [0.4, 0.5) is 5.69 Å². The van der Waals surface area contributed by atoms with Crippen LogP contribution in [0, 0.1) is 16.0 Å². The van der Waals surface area contributed by atoms with Gasteiger partial charge in [0.15, 0.2) is 5.16 Å². The number of carbonyl (C=O) groups excluding carboxylic acids is 1. The number of aryl methyl sites for hydroxylation is 1. The highest BCUT2D eigenvalue weighted by atomic mass is 32.2. The number of hydrogen-bond acceptors (Lipinski definition) is 6. The molecule has 0 aliphatic carbocycles. The monoisotopic (exact) mass is 363 g/mol. The minimum atomic E-state index is -0.382. The number of nitrogens with zero attached hydrogens (tertiary/aromatic N) is 4. The Bertz CT molecular complexity index is 760. The van der Waals surface area contributed by atoms with E-state index in [2.05, 4.69) is 24.0 Å². The van der Waals surface area contributed by atoms with Crippen LogP contribution < -0.4 is 5.73 Å². The lowest BCUT2D eigenvalue weighted by molar-refractivity contribution is -0.385. The predicted octanol–water partition coefficient (Wildman–Crippen LogP) is 2.55. The molecule has 1 heterocycles. The molecular formula is C16H21N5O3S. The molecule has 0 spiro atoms. The molecule has 0 aliphatic rings. The SMILES string of the molecule is CC(C)Cn1c(CCC(N)=O)nnc1SCc1ccccc1[N+](=O)[O-]. The number of rotatable bonds is 9. The van der Waals surface area contributed by atoms with Crippen molar-refractivity contribution in [2.45, 2.75) is 44.1 Å². The molecule has 134 valence electrons. The number of carbonyl (C=O) groups is 1. The van der Waals surface area contributed by atoms with Crippen molar-refractivity contribution in [3.63, 3.8) is 0 Å². The summed E-state index contributed by atoms with van der Waals surface area (Å²) in [6.07, 6.45) is 0.645. The van der Waals surface area contributed by atoms with E-state index in [1.54, 1.807) is 18.2 Å². The lowest BCUT2D eigenvalue weighted by atomic mass is 10.2. The number of amides is 1. The van der Waals surface area contributed by atoms with E-state index in [0.717, 1.165) is 0 Å². The number of benzene rings is 1. The summed E-state index contributed by atoms with van der Waals surface area (Å²) in [7, 11) is 0. The van der Waals surface area contributed by atoms with Crippen LogP contribution >= 0.6 is 11.8 Å². The van der Waals surface area contributed by atoms with Crippen LogP contribution in [0.2, 0.25) is 0 Å². The molecular weight excluding hydrogens is 342 g/mol. The molecule has 1 amide bonds. The molecule has 1 aromatic carbocycles. The maximum absolute atomic E-state index is 11.1. The third-order valence-corrected chi connectivity index (χ3v) is 4.50. The van der Waals surface area contributed by atoms with Gasteiger partial charge in [0.2, 0.25) is 5.91 Å². The summed E-state index contributed by atoms with van der Waals surface area (Å²) >= 11 is 1.40. The Morgan fingerprint density at radius 1 is 1.36 bits per heavy atom. The van der Waals surface area contributed by atoms with Crippen molar-refractivity contribution < 1.29 is 9.72 Å². The average Bonchev–Trinajstić information content (AvgIpc) is 2.92. The van der Waals surface area contributed by atoms with E-state index in [9.17, 15) is 14.9 Å². The number of nitro groups is 1. The molecule has 0 bridgehead atoms. The molecule has 0 unspecified atom stereocenters. The van der Waals surface area contributed by atoms with Crippen LogP contribution in [0.15, 0.2) is 29.4 Å². The van der Waals surface area contributed by atoms with Crippen molar-refractivity contribution in [1.82, 2.24) is 14.8 Å². The first-order chi connectivity index (χ1) is 11.9. The standard InChI is InChI=1S/C16H21N5O3S/c1-11(2)9-20-15(8-7-14(17)22)18-19-16(20)25-10-12-5-3-4-6-13(12)21(23)24/h3-6,11H,7-10H2,1-2H3,(H2,17,22). The van der Waals surface area contributed by atoms with Crippen LogP contribution in [0.1, 0.15) is 31.7 Å². The van der Waals surface area contributed by atoms with E-state index in [-0.39, 0.29) is 22.9 Å². The number of nitrogens with two attached hydrogens (primary N) is 1. The summed E-state index contributed by atoms with van der Waals surface area (Å²) in [5, 5.41) is 20.2. The number of primary amides is 1. The Hall–Kier alpha value is -2.42. The van der Waals surface area contributed by atoms with Crippen LogP contribution in [0.25, 0.3) is 0 Å². The molecule has 9 heteroatoms. The predicted molar refractivity (Wildman–Crippen MR) is 95.0 cm³/mol. The molecule has 2 N–H and O–H groups in total. The zero-order valence-corrected chi connectivity index (χ0v) is 15.0. The number of para-hydroxylation sites is 1. The third-order valence-electron chi connectivity index (χ3n) is 3.48. The van der Waals surface area contributed by atoms with Gasteiger partial charge in [0, 0.05) is 36.8 Å². The fourth-order valence-electron chi connectivity index (χ4n) is 2.35. The van der Waals surface area contributed by atoms with E-state index in [0.29, 0.717) is 41.2 Å². The molecule has 2 aromatic rings. The fraction of sp³-hybridized carbons (Fsp3) is 0.438. The molecule has 0 atom stereocenters. The molecule has 0 radical (unpaired) electrons. The molecule has 8 nitrogen and oxygen atoms in total. The van der Waals surface area contributed by atoms with E-state index in [4.69, 9.17) is 5.73 Å². The minimum absolute atomic E-state index is 0.0962. The number of thioether (sulfide) groups is 1. The zero-order valence-electron chi connectivity index (χ0n) is 14.2. The summed E-state index contributed by atoms with van der Waals surface area (Å²) in [4.78, 5) is 21.8. The van der Waals surface area contributed by atoms with Crippen LogP contribution in [-0.2, 0) is 23.5 Å². The van der Waals surface area contributed by atoms with Gasteiger partial charge in [-0.15, -0.1) is 10.2 Å². The molecule has 0 aliphatic heterocycles. The van der Waals surface area contributed by atoms with Crippen LogP contribution in [0.3, 0.4) is 0 Å². The highest BCUT2D eigenvalue weighted by molar-refractivity contribution is 7.98. The normalized spacial score (nSPS) is 11.0. The number of aromatic nitrogens is 3. The van der Waals surface area contributed by atoms with Crippen molar-refractivity contribution in [1.29, 1.82) is 0 Å². The number of nitro benzene ring substituents is 1. The number of hydrogen-bond donors (Lipinski definition) is 1. The summed E-state index contributed by atoms with van der Waals surface area (Å²) in [5.41, 5.74) is 5.94. The molecule has 2 rings (SSSR count). The van der Waals surface area contributed by atoms with Crippen molar-refractivity contribution in [2.75, 3.05) is 0 Å². The summed E-state index contributed by atoms with van der Waals surface area (Å²) in [6, 6.07) is 6.66. The maximum Gasteiger partial charge on any atom is 0.273 e. The van der Waals surface area contributed by atoms with E-state index in [1.165, 1.54) is 17.8 Å².